The first-order valence-corrected chi connectivity index (χ1v) is 10.9. The van der Waals surface area contributed by atoms with Gasteiger partial charge in [0.25, 0.3) is 5.91 Å². The van der Waals surface area contributed by atoms with Crippen LogP contribution in [-0.2, 0) is 6.61 Å². The fraction of sp³-hybridized carbons (Fsp3) is 0.269. The molecule has 1 aliphatic rings. The van der Waals surface area contributed by atoms with Gasteiger partial charge in [0.15, 0.2) is 0 Å². The van der Waals surface area contributed by atoms with Crippen molar-refractivity contribution >= 4 is 17.5 Å². The van der Waals surface area contributed by atoms with E-state index >= 15 is 0 Å². The van der Waals surface area contributed by atoms with E-state index < -0.39 is 5.60 Å². The molecule has 3 aromatic carbocycles. The number of amides is 1. The van der Waals surface area contributed by atoms with Gasteiger partial charge in [0.2, 0.25) is 0 Å². The molecule has 0 saturated carbocycles. The van der Waals surface area contributed by atoms with Crippen LogP contribution in [-0.4, -0.2) is 18.6 Å². The van der Waals surface area contributed by atoms with E-state index in [1.54, 1.807) is 19.2 Å². The molecule has 1 N–H and O–H groups in total. The number of hydrogen-bond acceptors (Lipinski definition) is 4. The minimum absolute atomic E-state index is 0.169. The van der Waals surface area contributed by atoms with Crippen molar-refractivity contribution in [3.8, 4) is 17.2 Å². The van der Waals surface area contributed by atoms with Crippen molar-refractivity contribution in [2.75, 3.05) is 7.11 Å². The molecule has 1 unspecified atom stereocenters. The Labute approximate surface area is 193 Å². The van der Waals surface area contributed by atoms with E-state index in [9.17, 15) is 4.79 Å². The smallest absolute Gasteiger partial charge is 0.251 e. The van der Waals surface area contributed by atoms with E-state index in [4.69, 9.17) is 25.8 Å². The van der Waals surface area contributed by atoms with Crippen LogP contribution in [0.1, 0.15) is 47.8 Å². The quantitative estimate of drug-likeness (QED) is 0.502. The third-order valence-electron chi connectivity index (χ3n) is 5.43. The molecule has 0 bridgehead atoms. The van der Waals surface area contributed by atoms with Crippen molar-refractivity contribution in [3.05, 3.63) is 88.4 Å². The van der Waals surface area contributed by atoms with Gasteiger partial charge in [-0.25, -0.2) is 0 Å². The molecule has 5 nitrogen and oxygen atoms in total. The predicted molar refractivity (Wildman–Crippen MR) is 125 cm³/mol. The van der Waals surface area contributed by atoms with Crippen molar-refractivity contribution in [1.29, 1.82) is 0 Å². The second-order valence-corrected chi connectivity index (χ2v) is 8.81. The van der Waals surface area contributed by atoms with Crippen LogP contribution in [0.2, 0.25) is 5.02 Å². The summed E-state index contributed by atoms with van der Waals surface area (Å²) in [5, 5.41) is 3.81. The Morgan fingerprint density at radius 3 is 2.69 bits per heavy atom. The number of ether oxygens (including phenoxy) is 3. The summed E-state index contributed by atoms with van der Waals surface area (Å²) in [4.78, 5) is 13.1. The van der Waals surface area contributed by atoms with Crippen LogP contribution in [0.3, 0.4) is 0 Å². The highest BCUT2D eigenvalue weighted by atomic mass is 35.5. The molecule has 3 aromatic rings. The lowest BCUT2D eigenvalue weighted by Crippen LogP contribution is -2.41. The molecule has 1 heterocycles. The lowest BCUT2D eigenvalue weighted by atomic mass is 9.89. The van der Waals surface area contributed by atoms with E-state index in [0.717, 1.165) is 22.6 Å². The van der Waals surface area contributed by atoms with Gasteiger partial charge in [0.05, 0.1) is 13.2 Å². The molecule has 0 aromatic heterocycles. The second-order valence-electron chi connectivity index (χ2n) is 8.40. The van der Waals surface area contributed by atoms with Crippen molar-refractivity contribution in [2.24, 2.45) is 0 Å². The zero-order chi connectivity index (χ0) is 22.7. The fourth-order valence-corrected chi connectivity index (χ4v) is 4.02. The lowest BCUT2D eigenvalue weighted by molar-refractivity contribution is 0.0617. The summed E-state index contributed by atoms with van der Waals surface area (Å²) in [5.41, 5.74) is 1.93. The monoisotopic (exact) mass is 451 g/mol. The van der Waals surface area contributed by atoms with Crippen molar-refractivity contribution < 1.29 is 19.0 Å². The molecule has 0 radical (unpaired) electrons. The summed E-state index contributed by atoms with van der Waals surface area (Å²) in [6, 6.07) is 20.2. The van der Waals surface area contributed by atoms with Gasteiger partial charge in [-0.05, 0) is 50.2 Å². The van der Waals surface area contributed by atoms with Gasteiger partial charge in [-0.2, -0.15) is 0 Å². The first-order chi connectivity index (χ1) is 15.3. The van der Waals surface area contributed by atoms with Gasteiger partial charge < -0.3 is 19.5 Å². The Morgan fingerprint density at radius 1 is 1.09 bits per heavy atom. The Hall–Kier alpha value is -3.18. The summed E-state index contributed by atoms with van der Waals surface area (Å²) < 4.78 is 17.3. The second kappa shape index (κ2) is 9.13. The summed E-state index contributed by atoms with van der Waals surface area (Å²) in [6.07, 6.45) is 0.654. The normalized spacial score (nSPS) is 16.4. The number of benzene rings is 3. The van der Waals surface area contributed by atoms with Gasteiger partial charge in [-0.3, -0.25) is 4.79 Å². The van der Waals surface area contributed by atoms with Crippen LogP contribution >= 0.6 is 11.6 Å². The molecule has 0 aliphatic carbocycles. The Kier molecular flexibility index (Phi) is 6.28. The topological polar surface area (TPSA) is 56.8 Å². The maximum absolute atomic E-state index is 13.1. The summed E-state index contributed by atoms with van der Waals surface area (Å²) >= 11 is 6.20. The van der Waals surface area contributed by atoms with E-state index in [0.29, 0.717) is 29.4 Å². The number of methoxy groups -OCH3 is 1. The number of carbonyl (C=O) groups is 1. The first-order valence-electron chi connectivity index (χ1n) is 10.5. The average Bonchev–Trinajstić information content (AvgIpc) is 2.77. The molecule has 4 rings (SSSR count). The van der Waals surface area contributed by atoms with Crippen LogP contribution in [0, 0.1) is 0 Å². The standard InChI is InChI=1S/C26H26ClNO4/c1-26(2)15-23(21-12-11-19(30-3)14-24(21)32-26)28-25(29)17-8-6-9-20(13-17)31-16-18-7-4-5-10-22(18)27/h4-14,23H,15-16H2,1-3H3,(H,28,29). The minimum atomic E-state index is -0.419. The summed E-state index contributed by atoms with van der Waals surface area (Å²) in [7, 11) is 1.62. The molecule has 6 heteroatoms. The molecule has 0 saturated heterocycles. The molecule has 1 atom stereocenters. The molecule has 0 spiro atoms. The van der Waals surface area contributed by atoms with E-state index in [1.165, 1.54) is 0 Å². The van der Waals surface area contributed by atoms with Crippen LogP contribution in [0.25, 0.3) is 0 Å². The Morgan fingerprint density at radius 2 is 1.91 bits per heavy atom. The highest BCUT2D eigenvalue weighted by Gasteiger charge is 2.35. The number of carbonyl (C=O) groups excluding carboxylic acids is 1. The number of halogens is 1. The van der Waals surface area contributed by atoms with Crippen LogP contribution < -0.4 is 19.5 Å². The summed E-state index contributed by atoms with van der Waals surface area (Å²) in [5.74, 6) is 1.88. The van der Waals surface area contributed by atoms with Gasteiger partial charge in [-0.15, -0.1) is 0 Å². The van der Waals surface area contributed by atoms with Crippen molar-refractivity contribution in [3.63, 3.8) is 0 Å². The summed E-state index contributed by atoms with van der Waals surface area (Å²) in [6.45, 7) is 4.35. The minimum Gasteiger partial charge on any atom is -0.497 e. The van der Waals surface area contributed by atoms with Crippen LogP contribution in [0.15, 0.2) is 66.7 Å². The number of fused-ring (bicyclic) bond motifs is 1. The zero-order valence-electron chi connectivity index (χ0n) is 18.4. The van der Waals surface area contributed by atoms with E-state index in [-0.39, 0.29) is 11.9 Å². The molecule has 32 heavy (non-hydrogen) atoms. The Balaban J connectivity index is 1.49. The van der Waals surface area contributed by atoms with Crippen LogP contribution in [0.4, 0.5) is 0 Å². The number of hydrogen-bond donors (Lipinski definition) is 1. The molecular formula is C26H26ClNO4. The third-order valence-corrected chi connectivity index (χ3v) is 5.80. The molecule has 166 valence electrons. The van der Waals surface area contributed by atoms with E-state index in [2.05, 4.69) is 5.32 Å². The maximum Gasteiger partial charge on any atom is 0.251 e. The highest BCUT2D eigenvalue weighted by molar-refractivity contribution is 6.31. The SMILES string of the molecule is COc1ccc2c(c1)OC(C)(C)CC2NC(=O)c1cccc(OCc2ccccc2Cl)c1. The molecular weight excluding hydrogens is 426 g/mol. The van der Waals surface area contributed by atoms with E-state index in [1.807, 2.05) is 68.4 Å². The van der Waals surface area contributed by atoms with Gasteiger partial charge >= 0.3 is 0 Å². The van der Waals surface area contributed by atoms with Crippen molar-refractivity contribution in [2.45, 2.75) is 38.5 Å². The highest BCUT2D eigenvalue weighted by Crippen LogP contribution is 2.41. The lowest BCUT2D eigenvalue weighted by Gasteiger charge is -2.38. The average molecular weight is 452 g/mol. The zero-order valence-corrected chi connectivity index (χ0v) is 19.1. The van der Waals surface area contributed by atoms with Gasteiger partial charge in [0, 0.05) is 34.2 Å². The number of nitrogens with one attached hydrogen (secondary N) is 1. The van der Waals surface area contributed by atoms with Crippen LogP contribution in [0.5, 0.6) is 17.2 Å². The molecule has 1 amide bonds. The number of rotatable bonds is 6. The predicted octanol–water partition coefficient (Wildman–Crippen LogP) is 5.96. The van der Waals surface area contributed by atoms with Gasteiger partial charge in [0.1, 0.15) is 29.5 Å². The van der Waals surface area contributed by atoms with Gasteiger partial charge in [-0.1, -0.05) is 35.9 Å². The fourth-order valence-electron chi connectivity index (χ4n) is 3.83. The molecule has 1 aliphatic heterocycles. The first kappa shape index (κ1) is 22.0. The maximum atomic E-state index is 13.1. The molecule has 0 fully saturated rings. The largest absolute Gasteiger partial charge is 0.497 e. The Bertz CT molecular complexity index is 1130. The van der Waals surface area contributed by atoms with Crippen molar-refractivity contribution in [1.82, 2.24) is 5.32 Å². The third kappa shape index (κ3) is 5.00.